The number of benzene rings is 2. The molecule has 0 bridgehead atoms. The molecule has 0 aliphatic carbocycles. The van der Waals surface area contributed by atoms with Crippen LogP contribution in [0.5, 0.6) is 0 Å². The van der Waals surface area contributed by atoms with Crippen LogP contribution < -0.4 is 0 Å². The second kappa shape index (κ2) is 8.15. The zero-order valence-corrected chi connectivity index (χ0v) is 18.4. The molecule has 0 unspecified atom stereocenters. The fraction of sp³-hybridized carbons (Fsp3) is 0.333. The van der Waals surface area contributed by atoms with Crippen LogP contribution in [0.3, 0.4) is 0 Å². The van der Waals surface area contributed by atoms with Crippen LogP contribution in [0, 0.1) is 0 Å². The van der Waals surface area contributed by atoms with Crippen LogP contribution in [0.15, 0.2) is 75.8 Å². The Kier molecular flexibility index (Phi) is 5.59. The van der Waals surface area contributed by atoms with Crippen molar-refractivity contribution < 1.29 is 9.53 Å². The summed E-state index contributed by atoms with van der Waals surface area (Å²) in [5.41, 5.74) is 3.80. The Hall–Kier alpha value is -2.40. The first kappa shape index (κ1) is 19.9. The highest BCUT2D eigenvalue weighted by molar-refractivity contribution is 9.10. The minimum Gasteiger partial charge on any atom is -0.437 e. The predicted molar refractivity (Wildman–Crippen MR) is 119 cm³/mol. The molecule has 0 radical (unpaired) electrons. The van der Waals surface area contributed by atoms with E-state index in [4.69, 9.17) is 4.74 Å². The van der Waals surface area contributed by atoms with E-state index in [1.165, 1.54) is 5.57 Å². The molecule has 150 valence electrons. The summed E-state index contributed by atoms with van der Waals surface area (Å²) in [6.45, 7) is 4.78. The van der Waals surface area contributed by atoms with E-state index < -0.39 is 5.60 Å². The lowest BCUT2D eigenvalue weighted by atomic mass is 9.83. The lowest BCUT2D eigenvalue weighted by molar-refractivity contribution is -0.0564. The van der Waals surface area contributed by atoms with Gasteiger partial charge in [-0.25, -0.2) is 4.79 Å². The quantitative estimate of drug-likeness (QED) is 0.527. The van der Waals surface area contributed by atoms with E-state index in [1.807, 2.05) is 60.5 Å². The minimum atomic E-state index is -0.661. The highest BCUT2D eigenvalue weighted by atomic mass is 79.9. The molecular weight excluding hydrogens is 428 g/mol. The minimum absolute atomic E-state index is 0.0443. The van der Waals surface area contributed by atoms with Gasteiger partial charge in [0, 0.05) is 42.2 Å². The molecule has 2 heterocycles. The van der Waals surface area contributed by atoms with Crippen molar-refractivity contribution in [1.82, 2.24) is 4.90 Å². The highest BCUT2D eigenvalue weighted by Crippen LogP contribution is 2.41. The van der Waals surface area contributed by atoms with Crippen LogP contribution in [0.1, 0.15) is 50.3 Å². The lowest BCUT2D eigenvalue weighted by Gasteiger charge is -2.43. The summed E-state index contributed by atoms with van der Waals surface area (Å²) in [6.07, 6.45) is 3.88. The van der Waals surface area contributed by atoms with Gasteiger partial charge in [-0.3, -0.25) is 4.99 Å². The molecule has 0 aromatic heterocycles. The summed E-state index contributed by atoms with van der Waals surface area (Å²) >= 11 is 3.47. The maximum Gasteiger partial charge on any atom is 0.411 e. The Morgan fingerprint density at radius 2 is 1.90 bits per heavy atom. The summed E-state index contributed by atoms with van der Waals surface area (Å²) in [5.74, 6) is 0. The fourth-order valence-electron chi connectivity index (χ4n) is 4.17. The van der Waals surface area contributed by atoms with E-state index in [9.17, 15) is 4.79 Å². The van der Waals surface area contributed by atoms with Gasteiger partial charge in [-0.2, -0.15) is 0 Å². The number of nitrogens with zero attached hydrogens (tertiary/aromatic N) is 2. The van der Waals surface area contributed by atoms with Crippen LogP contribution in [0.25, 0.3) is 0 Å². The van der Waals surface area contributed by atoms with Crippen molar-refractivity contribution in [3.8, 4) is 0 Å². The molecule has 4 rings (SSSR count). The van der Waals surface area contributed by atoms with Crippen molar-refractivity contribution in [2.75, 3.05) is 6.54 Å². The second-order valence-electron chi connectivity index (χ2n) is 7.92. The van der Waals surface area contributed by atoms with Gasteiger partial charge in [-0.1, -0.05) is 58.4 Å². The van der Waals surface area contributed by atoms with E-state index in [0.717, 1.165) is 34.2 Å². The van der Waals surface area contributed by atoms with Gasteiger partial charge in [-0.05, 0) is 42.7 Å². The van der Waals surface area contributed by atoms with Crippen molar-refractivity contribution in [3.05, 3.63) is 82.0 Å². The molecule has 5 heteroatoms. The van der Waals surface area contributed by atoms with Gasteiger partial charge < -0.3 is 9.64 Å². The smallest absolute Gasteiger partial charge is 0.411 e. The maximum absolute atomic E-state index is 13.1. The summed E-state index contributed by atoms with van der Waals surface area (Å²) in [7, 11) is 0. The van der Waals surface area contributed by atoms with Crippen molar-refractivity contribution in [3.63, 3.8) is 0 Å². The molecular formula is C24H25BrN2O2. The summed E-state index contributed by atoms with van der Waals surface area (Å²) < 4.78 is 7.24. The number of cyclic esters (lactones) is 1. The van der Waals surface area contributed by atoms with Crippen LogP contribution in [-0.2, 0) is 10.3 Å². The summed E-state index contributed by atoms with van der Waals surface area (Å²) in [5, 5.41) is 0. The van der Waals surface area contributed by atoms with Gasteiger partial charge in [0.2, 0.25) is 0 Å². The standard InChI is InChI=1S/C24H25BrN2O2/c1-17-14-22(26-16-17)15-24(20-6-4-3-5-7-20)12-13-27(23(28)29-24)18(2)19-8-10-21(25)11-9-19/h3-11,16,18H,12-15H2,1-2H3/t18-,24-/m0/s1. The number of amides is 1. The topological polar surface area (TPSA) is 41.9 Å². The normalized spacial score (nSPS) is 22.7. The number of allylic oxidation sites excluding steroid dienone is 1. The van der Waals surface area contributed by atoms with Crippen molar-refractivity contribution in [2.45, 2.75) is 44.8 Å². The highest BCUT2D eigenvalue weighted by Gasteiger charge is 2.44. The van der Waals surface area contributed by atoms with Gasteiger partial charge in [0.15, 0.2) is 0 Å². The third-order valence-electron chi connectivity index (χ3n) is 5.83. The number of carbonyl (C=O) groups excluding carboxylic acids is 1. The molecule has 29 heavy (non-hydrogen) atoms. The van der Waals surface area contributed by atoms with Gasteiger partial charge in [0.1, 0.15) is 5.60 Å². The summed E-state index contributed by atoms with van der Waals surface area (Å²) in [6, 6.07) is 18.1. The Morgan fingerprint density at radius 3 is 2.52 bits per heavy atom. The maximum atomic E-state index is 13.1. The third kappa shape index (κ3) is 4.15. The molecule has 2 aromatic carbocycles. The first-order valence-corrected chi connectivity index (χ1v) is 10.8. The van der Waals surface area contributed by atoms with Crippen molar-refractivity contribution in [2.24, 2.45) is 4.99 Å². The largest absolute Gasteiger partial charge is 0.437 e. The molecule has 1 saturated heterocycles. The van der Waals surface area contributed by atoms with Gasteiger partial charge >= 0.3 is 6.09 Å². The van der Waals surface area contributed by atoms with E-state index in [0.29, 0.717) is 13.0 Å². The molecule has 1 fully saturated rings. The van der Waals surface area contributed by atoms with Crippen molar-refractivity contribution in [1.29, 1.82) is 0 Å². The van der Waals surface area contributed by atoms with E-state index >= 15 is 0 Å². The van der Waals surface area contributed by atoms with E-state index in [2.05, 4.69) is 40.0 Å². The Morgan fingerprint density at radius 1 is 1.17 bits per heavy atom. The first-order valence-electron chi connectivity index (χ1n) is 9.99. The number of aliphatic imine (C=N–C) groups is 1. The second-order valence-corrected chi connectivity index (χ2v) is 8.84. The number of hydrogen-bond acceptors (Lipinski definition) is 3. The molecule has 2 aromatic rings. The zero-order chi connectivity index (χ0) is 20.4. The Balaban J connectivity index is 1.57. The monoisotopic (exact) mass is 452 g/mol. The predicted octanol–water partition coefficient (Wildman–Crippen LogP) is 6.39. The fourth-order valence-corrected chi connectivity index (χ4v) is 4.43. The SMILES string of the molecule is CC1=CN=C(C[C@]2(c3ccccc3)CCN([C@@H](C)c3ccc(Br)cc3)C(=O)O2)C1. The number of halogens is 1. The Bertz CT molecular complexity index is 953. The number of carbonyl (C=O) groups is 1. The van der Waals surface area contributed by atoms with Gasteiger partial charge in [-0.15, -0.1) is 0 Å². The number of rotatable bonds is 5. The third-order valence-corrected chi connectivity index (χ3v) is 6.36. The van der Waals surface area contributed by atoms with E-state index in [-0.39, 0.29) is 12.1 Å². The average Bonchev–Trinajstić information content (AvgIpc) is 3.13. The van der Waals surface area contributed by atoms with Crippen LogP contribution in [0.4, 0.5) is 4.79 Å². The van der Waals surface area contributed by atoms with Crippen molar-refractivity contribution >= 4 is 27.7 Å². The van der Waals surface area contributed by atoms with Crippen LogP contribution in [-0.4, -0.2) is 23.2 Å². The molecule has 0 N–H and O–H groups in total. The van der Waals surface area contributed by atoms with Gasteiger partial charge in [0.05, 0.1) is 6.04 Å². The van der Waals surface area contributed by atoms with Crippen LogP contribution in [0.2, 0.25) is 0 Å². The summed E-state index contributed by atoms with van der Waals surface area (Å²) in [4.78, 5) is 19.5. The van der Waals surface area contributed by atoms with Crippen LogP contribution >= 0.6 is 15.9 Å². The molecule has 2 atom stereocenters. The number of ether oxygens (including phenoxy) is 1. The molecule has 1 amide bonds. The molecule has 2 aliphatic heterocycles. The Labute approximate surface area is 180 Å². The molecule has 2 aliphatic rings. The first-order chi connectivity index (χ1) is 14.0. The molecule has 0 saturated carbocycles. The lowest BCUT2D eigenvalue weighted by Crippen LogP contribution is -2.49. The molecule has 4 nitrogen and oxygen atoms in total. The zero-order valence-electron chi connectivity index (χ0n) is 16.8. The molecule has 0 spiro atoms. The number of hydrogen-bond donors (Lipinski definition) is 0. The van der Waals surface area contributed by atoms with E-state index in [1.54, 1.807) is 0 Å². The van der Waals surface area contributed by atoms with Gasteiger partial charge in [0.25, 0.3) is 0 Å². The average molecular weight is 453 g/mol.